The Balaban J connectivity index is 1.60. The average Bonchev–Trinajstić information content (AvgIpc) is 3.00. The molecular formula is C13H16N2O2. The van der Waals surface area contributed by atoms with Gasteiger partial charge in [-0.2, -0.15) is 0 Å². The number of hydrogen-bond donors (Lipinski definition) is 0. The van der Waals surface area contributed by atoms with Crippen molar-refractivity contribution in [2.45, 2.75) is 24.9 Å². The second-order valence-electron chi connectivity index (χ2n) is 5.43. The normalized spacial score (nSPS) is 39.4. The molecule has 4 nitrogen and oxygen atoms in total. The Morgan fingerprint density at radius 3 is 2.88 bits per heavy atom. The molecule has 0 aromatic carbocycles. The van der Waals surface area contributed by atoms with Crippen LogP contribution >= 0.6 is 0 Å². The summed E-state index contributed by atoms with van der Waals surface area (Å²) in [6.45, 7) is 3.51. The maximum atomic E-state index is 5.86. The van der Waals surface area contributed by atoms with Gasteiger partial charge in [0.05, 0.1) is 18.2 Å². The van der Waals surface area contributed by atoms with E-state index in [1.807, 2.05) is 6.07 Å². The SMILES string of the molecule is c1cc(C2=NOC3(C2)CN2CCC3CC2)co1. The van der Waals surface area contributed by atoms with Crippen LogP contribution in [-0.2, 0) is 4.84 Å². The topological polar surface area (TPSA) is 38.0 Å². The Hall–Kier alpha value is -1.29. The lowest BCUT2D eigenvalue weighted by Gasteiger charge is -2.49. The predicted octanol–water partition coefficient (Wildman–Crippen LogP) is 1.87. The standard InChI is InChI=1S/C13H16N2O2/c1-4-15-5-2-11(1)13(9-15)7-12(14-17-13)10-3-6-16-8-10/h3,6,8,11H,1-2,4-5,7,9H2. The zero-order valence-electron chi connectivity index (χ0n) is 9.76. The molecular weight excluding hydrogens is 216 g/mol. The second kappa shape index (κ2) is 3.35. The van der Waals surface area contributed by atoms with Crippen LogP contribution in [0.1, 0.15) is 24.8 Å². The highest BCUT2D eigenvalue weighted by Crippen LogP contribution is 2.44. The van der Waals surface area contributed by atoms with Crippen molar-refractivity contribution >= 4 is 5.71 Å². The minimum Gasteiger partial charge on any atom is -0.472 e. The summed E-state index contributed by atoms with van der Waals surface area (Å²) in [5.74, 6) is 0.681. The summed E-state index contributed by atoms with van der Waals surface area (Å²) >= 11 is 0. The van der Waals surface area contributed by atoms with Crippen LogP contribution in [0.15, 0.2) is 28.2 Å². The van der Waals surface area contributed by atoms with E-state index < -0.39 is 0 Å². The van der Waals surface area contributed by atoms with Gasteiger partial charge in [0.25, 0.3) is 0 Å². The lowest BCUT2D eigenvalue weighted by molar-refractivity contribution is -0.136. The zero-order chi connectivity index (χ0) is 11.3. The first-order chi connectivity index (χ1) is 8.36. The predicted molar refractivity (Wildman–Crippen MR) is 62.8 cm³/mol. The number of furan rings is 1. The molecule has 5 heterocycles. The fraction of sp³-hybridized carbons (Fsp3) is 0.615. The van der Waals surface area contributed by atoms with E-state index in [1.165, 1.54) is 25.9 Å². The maximum Gasteiger partial charge on any atom is 0.158 e. The van der Waals surface area contributed by atoms with Crippen molar-refractivity contribution in [3.8, 4) is 0 Å². The van der Waals surface area contributed by atoms with Crippen molar-refractivity contribution in [3.63, 3.8) is 0 Å². The Kier molecular flexibility index (Phi) is 1.92. The first-order valence-electron chi connectivity index (χ1n) is 6.36. The molecule has 17 heavy (non-hydrogen) atoms. The zero-order valence-corrected chi connectivity index (χ0v) is 9.76. The van der Waals surface area contributed by atoms with Crippen LogP contribution in [0.5, 0.6) is 0 Å². The van der Waals surface area contributed by atoms with Gasteiger partial charge >= 0.3 is 0 Å². The molecule has 4 heteroatoms. The van der Waals surface area contributed by atoms with Crippen molar-refractivity contribution in [2.24, 2.45) is 11.1 Å². The van der Waals surface area contributed by atoms with Crippen LogP contribution in [0, 0.1) is 5.92 Å². The third-order valence-electron chi connectivity index (χ3n) is 4.48. The van der Waals surface area contributed by atoms with E-state index >= 15 is 0 Å². The first kappa shape index (κ1) is 9.71. The molecule has 3 fully saturated rings. The summed E-state index contributed by atoms with van der Waals surface area (Å²) in [5, 5.41) is 4.30. The van der Waals surface area contributed by atoms with Crippen molar-refractivity contribution in [1.29, 1.82) is 0 Å². The van der Waals surface area contributed by atoms with E-state index in [2.05, 4.69) is 10.1 Å². The molecule has 1 atom stereocenters. The van der Waals surface area contributed by atoms with Crippen LogP contribution in [0.25, 0.3) is 0 Å². The van der Waals surface area contributed by atoms with E-state index in [-0.39, 0.29) is 5.60 Å². The van der Waals surface area contributed by atoms with Crippen LogP contribution < -0.4 is 0 Å². The Morgan fingerprint density at radius 2 is 2.24 bits per heavy atom. The highest BCUT2D eigenvalue weighted by atomic mass is 16.7. The van der Waals surface area contributed by atoms with Gasteiger partial charge < -0.3 is 9.25 Å². The smallest absolute Gasteiger partial charge is 0.158 e. The Labute approximate surface area is 100 Å². The van der Waals surface area contributed by atoms with E-state index in [4.69, 9.17) is 9.25 Å². The fourth-order valence-electron chi connectivity index (χ4n) is 3.51. The summed E-state index contributed by atoms with van der Waals surface area (Å²) in [6.07, 6.45) is 6.90. The van der Waals surface area contributed by atoms with Crippen molar-refractivity contribution in [1.82, 2.24) is 4.90 Å². The molecule has 3 saturated heterocycles. The van der Waals surface area contributed by atoms with Gasteiger partial charge in [-0.25, -0.2) is 0 Å². The number of nitrogens with zero attached hydrogens (tertiary/aromatic N) is 2. The minimum absolute atomic E-state index is 0.0386. The molecule has 0 N–H and O–H groups in total. The molecule has 1 spiro atoms. The first-order valence-corrected chi connectivity index (χ1v) is 6.36. The highest BCUT2D eigenvalue weighted by molar-refractivity contribution is 6.01. The molecule has 1 aromatic rings. The van der Waals surface area contributed by atoms with Gasteiger partial charge in [-0.3, -0.25) is 4.90 Å². The average molecular weight is 232 g/mol. The highest BCUT2D eigenvalue weighted by Gasteiger charge is 2.52. The van der Waals surface area contributed by atoms with Gasteiger partial charge in [-0.15, -0.1) is 0 Å². The largest absolute Gasteiger partial charge is 0.472 e. The van der Waals surface area contributed by atoms with E-state index in [1.54, 1.807) is 12.5 Å². The van der Waals surface area contributed by atoms with Crippen LogP contribution in [0.4, 0.5) is 0 Å². The summed E-state index contributed by atoms with van der Waals surface area (Å²) in [5.41, 5.74) is 2.08. The molecule has 0 aliphatic carbocycles. The molecule has 4 aliphatic heterocycles. The number of piperidine rings is 3. The number of fused-ring (bicyclic) bond motifs is 2. The van der Waals surface area contributed by atoms with Gasteiger partial charge in [0.15, 0.2) is 5.60 Å². The lowest BCUT2D eigenvalue weighted by Crippen LogP contribution is -2.59. The van der Waals surface area contributed by atoms with Crippen LogP contribution in [-0.4, -0.2) is 35.8 Å². The maximum absolute atomic E-state index is 5.86. The molecule has 0 saturated carbocycles. The van der Waals surface area contributed by atoms with Crippen molar-refractivity contribution < 1.29 is 9.25 Å². The number of hydrogen-bond acceptors (Lipinski definition) is 4. The molecule has 4 aliphatic rings. The Bertz CT molecular complexity index is 446. The van der Waals surface area contributed by atoms with Gasteiger partial charge in [0.2, 0.25) is 0 Å². The third kappa shape index (κ3) is 1.37. The van der Waals surface area contributed by atoms with Crippen LogP contribution in [0.3, 0.4) is 0 Å². The summed E-state index contributed by atoms with van der Waals surface area (Å²) < 4.78 is 5.12. The molecule has 0 amide bonds. The summed E-state index contributed by atoms with van der Waals surface area (Å²) in [4.78, 5) is 8.36. The monoisotopic (exact) mass is 232 g/mol. The van der Waals surface area contributed by atoms with Gasteiger partial charge in [0, 0.05) is 24.4 Å². The van der Waals surface area contributed by atoms with Gasteiger partial charge in [-0.1, -0.05) is 5.16 Å². The third-order valence-corrected chi connectivity index (χ3v) is 4.48. The van der Waals surface area contributed by atoms with Gasteiger partial charge in [0.1, 0.15) is 0 Å². The Morgan fingerprint density at radius 1 is 1.35 bits per heavy atom. The molecule has 5 rings (SSSR count). The fourth-order valence-corrected chi connectivity index (χ4v) is 3.51. The molecule has 2 bridgehead atoms. The summed E-state index contributed by atoms with van der Waals surface area (Å²) in [6, 6.07) is 1.96. The summed E-state index contributed by atoms with van der Waals surface area (Å²) in [7, 11) is 0. The van der Waals surface area contributed by atoms with E-state index in [0.29, 0.717) is 5.92 Å². The molecule has 0 radical (unpaired) electrons. The van der Waals surface area contributed by atoms with Crippen LogP contribution in [0.2, 0.25) is 0 Å². The van der Waals surface area contributed by atoms with E-state index in [0.717, 1.165) is 24.2 Å². The second-order valence-corrected chi connectivity index (χ2v) is 5.43. The van der Waals surface area contributed by atoms with E-state index in [9.17, 15) is 0 Å². The molecule has 1 aromatic heterocycles. The number of oxime groups is 1. The number of rotatable bonds is 1. The minimum atomic E-state index is -0.0386. The lowest BCUT2D eigenvalue weighted by atomic mass is 9.73. The van der Waals surface area contributed by atoms with Crippen molar-refractivity contribution in [3.05, 3.63) is 24.2 Å². The van der Waals surface area contributed by atoms with Gasteiger partial charge in [-0.05, 0) is 32.0 Å². The molecule has 90 valence electrons. The molecule has 1 unspecified atom stereocenters. The van der Waals surface area contributed by atoms with Crippen molar-refractivity contribution in [2.75, 3.05) is 19.6 Å². The quantitative estimate of drug-likeness (QED) is 0.742.